The Kier molecular flexibility index (Phi) is 10.8. The summed E-state index contributed by atoms with van der Waals surface area (Å²) in [4.78, 5) is 51.5. The monoisotopic (exact) mass is 748 g/mol. The second-order valence-electron chi connectivity index (χ2n) is 13.9. The number of esters is 1. The zero-order valence-electron chi connectivity index (χ0n) is 30.1. The molecule has 2 aromatic carbocycles. The van der Waals surface area contributed by atoms with Gasteiger partial charge in [0.25, 0.3) is 5.91 Å². The summed E-state index contributed by atoms with van der Waals surface area (Å²) in [6, 6.07) is 14.8. The van der Waals surface area contributed by atoms with E-state index >= 15 is 0 Å². The summed E-state index contributed by atoms with van der Waals surface area (Å²) >= 11 is 14.0. The van der Waals surface area contributed by atoms with Crippen LogP contribution in [-0.2, 0) is 40.8 Å². The number of halogens is 2. The van der Waals surface area contributed by atoms with E-state index in [0.717, 1.165) is 24.2 Å². The minimum atomic E-state index is -0.616. The first-order valence-electron chi connectivity index (χ1n) is 17.0. The summed E-state index contributed by atoms with van der Waals surface area (Å²) in [6.45, 7) is 8.14. The van der Waals surface area contributed by atoms with Crippen molar-refractivity contribution in [1.82, 2.24) is 24.3 Å². The smallest absolute Gasteiger partial charge is 0.410 e. The van der Waals surface area contributed by atoms with E-state index in [2.05, 4.69) is 15.2 Å². The maximum Gasteiger partial charge on any atom is 0.410 e. The topological polar surface area (TPSA) is 128 Å². The van der Waals surface area contributed by atoms with Gasteiger partial charge in [-0.2, -0.15) is 0 Å². The van der Waals surface area contributed by atoms with Crippen LogP contribution < -0.4 is 10.1 Å². The molecular weight excluding hydrogens is 707 g/mol. The molecule has 2 aliphatic heterocycles. The van der Waals surface area contributed by atoms with E-state index in [4.69, 9.17) is 42.4 Å². The molecule has 12 nitrogen and oxygen atoms in total. The number of carbonyl (C=O) groups excluding carboxylic acids is 3. The summed E-state index contributed by atoms with van der Waals surface area (Å²) in [5.41, 5.74) is 4.78. The van der Waals surface area contributed by atoms with Crippen LogP contribution >= 0.6 is 23.2 Å². The molecule has 14 heteroatoms. The summed E-state index contributed by atoms with van der Waals surface area (Å²) < 4.78 is 17.9. The Balaban J connectivity index is 1.20. The number of hydrogen-bond acceptors (Lipinski definition) is 9. The highest BCUT2D eigenvalue weighted by Crippen LogP contribution is 2.41. The van der Waals surface area contributed by atoms with Gasteiger partial charge in [-0.3, -0.25) is 14.5 Å². The van der Waals surface area contributed by atoms with Crippen LogP contribution in [0.15, 0.2) is 48.5 Å². The lowest BCUT2D eigenvalue weighted by atomic mass is 10.00. The Morgan fingerprint density at radius 2 is 1.65 bits per heavy atom. The van der Waals surface area contributed by atoms with Crippen molar-refractivity contribution in [1.29, 1.82) is 0 Å². The van der Waals surface area contributed by atoms with Crippen molar-refractivity contribution in [2.24, 2.45) is 13.0 Å². The zero-order chi connectivity index (χ0) is 37.3. The Hall–Kier alpha value is -4.65. The summed E-state index contributed by atoms with van der Waals surface area (Å²) in [7, 11) is 4.78. The molecule has 0 saturated carbocycles. The van der Waals surface area contributed by atoms with Crippen molar-refractivity contribution in [3.8, 4) is 28.3 Å². The van der Waals surface area contributed by atoms with E-state index in [-0.39, 0.29) is 24.3 Å². The number of aromatic nitrogens is 3. The lowest BCUT2D eigenvalue weighted by Gasteiger charge is -2.29. The molecule has 1 fully saturated rings. The van der Waals surface area contributed by atoms with E-state index < -0.39 is 17.6 Å². The average Bonchev–Trinajstić information content (AvgIpc) is 3.72. The van der Waals surface area contributed by atoms with Crippen LogP contribution in [0.4, 0.5) is 10.5 Å². The maximum atomic E-state index is 13.6. The van der Waals surface area contributed by atoms with Gasteiger partial charge in [-0.1, -0.05) is 59.6 Å². The second-order valence-corrected chi connectivity index (χ2v) is 14.7. The summed E-state index contributed by atoms with van der Waals surface area (Å²) in [5, 5.41) is 3.66. The molecular formula is C38H42Cl2N6O6. The molecule has 0 spiro atoms. The second kappa shape index (κ2) is 15.1. The number of amides is 2. The molecule has 52 heavy (non-hydrogen) atoms. The molecule has 1 saturated heterocycles. The van der Waals surface area contributed by atoms with Gasteiger partial charge in [0.2, 0.25) is 5.88 Å². The predicted molar refractivity (Wildman–Crippen MR) is 199 cm³/mol. The molecule has 274 valence electrons. The fourth-order valence-electron chi connectivity index (χ4n) is 6.66. The first-order valence-corrected chi connectivity index (χ1v) is 17.8. The number of carbonyl (C=O) groups is 3. The molecule has 4 aromatic rings. The third-order valence-corrected chi connectivity index (χ3v) is 10.1. The number of rotatable bonds is 8. The number of hydrogen-bond donors (Lipinski definition) is 1. The van der Waals surface area contributed by atoms with Crippen LogP contribution in [0.1, 0.15) is 54.8 Å². The molecule has 2 aromatic heterocycles. The Labute approximate surface area is 313 Å². The first kappa shape index (κ1) is 37.1. The van der Waals surface area contributed by atoms with Crippen molar-refractivity contribution < 1.29 is 28.6 Å². The van der Waals surface area contributed by atoms with Crippen LogP contribution in [0.5, 0.6) is 5.88 Å². The van der Waals surface area contributed by atoms with Gasteiger partial charge in [0.15, 0.2) is 5.82 Å². The number of anilines is 1. The lowest BCUT2D eigenvalue weighted by molar-refractivity contribution is -0.144. The van der Waals surface area contributed by atoms with Crippen LogP contribution in [-0.4, -0.2) is 81.8 Å². The van der Waals surface area contributed by atoms with Crippen LogP contribution in [0.2, 0.25) is 10.0 Å². The minimum absolute atomic E-state index is 0.137. The quantitative estimate of drug-likeness (QED) is 0.189. The van der Waals surface area contributed by atoms with Crippen LogP contribution in [0, 0.1) is 5.92 Å². The van der Waals surface area contributed by atoms with Crippen molar-refractivity contribution >= 4 is 46.9 Å². The normalized spacial score (nSPS) is 16.0. The Morgan fingerprint density at radius 1 is 0.942 bits per heavy atom. The van der Waals surface area contributed by atoms with Crippen molar-refractivity contribution in [3.63, 3.8) is 0 Å². The molecule has 1 N–H and O–H groups in total. The summed E-state index contributed by atoms with van der Waals surface area (Å²) in [6.07, 6.45) is 0.870. The minimum Gasteiger partial charge on any atom is -0.481 e. The lowest BCUT2D eigenvalue weighted by Crippen LogP contribution is -2.40. The van der Waals surface area contributed by atoms with Crippen molar-refractivity contribution in [3.05, 3.63) is 81.4 Å². The van der Waals surface area contributed by atoms with E-state index in [1.165, 1.54) is 7.11 Å². The van der Waals surface area contributed by atoms with Crippen molar-refractivity contribution in [2.45, 2.75) is 52.3 Å². The highest BCUT2D eigenvalue weighted by atomic mass is 35.5. The van der Waals surface area contributed by atoms with Gasteiger partial charge < -0.3 is 29.0 Å². The molecule has 0 unspecified atom stereocenters. The number of pyridine rings is 1. The largest absolute Gasteiger partial charge is 0.481 e. The highest BCUT2D eigenvalue weighted by Gasteiger charge is 2.31. The fourth-order valence-corrected chi connectivity index (χ4v) is 7.26. The number of nitrogens with one attached hydrogen (secondary N) is 1. The molecule has 0 bridgehead atoms. The molecule has 0 aliphatic carbocycles. The highest BCUT2D eigenvalue weighted by molar-refractivity contribution is 6.39. The number of fused-ring (bicyclic) bond motifs is 1. The van der Waals surface area contributed by atoms with E-state index in [0.29, 0.717) is 75.7 Å². The third kappa shape index (κ3) is 7.74. The predicted octanol–water partition coefficient (Wildman–Crippen LogP) is 7.00. The molecule has 2 amide bonds. The molecule has 1 atom stereocenters. The number of likely N-dealkylation sites (tertiary alicyclic amines) is 1. The Bertz CT molecular complexity index is 2030. The number of ether oxygens (including phenoxy) is 3. The average molecular weight is 750 g/mol. The SMILES string of the molecule is COC(=O)[C@H]1CCN(Cc2ccc(-c3cccc(-c4cccc(NC(=O)c5nc6c(n5C)CCN(C(=O)OC(C)(C)C)C6)c4Cl)c3Cl)nc2OC)C1. The molecule has 0 radical (unpaired) electrons. The Morgan fingerprint density at radius 3 is 2.37 bits per heavy atom. The van der Waals surface area contributed by atoms with E-state index in [1.807, 2.05) is 57.2 Å². The van der Waals surface area contributed by atoms with E-state index in [9.17, 15) is 14.4 Å². The number of methoxy groups -OCH3 is 2. The molecule has 6 rings (SSSR count). The first-order chi connectivity index (χ1) is 24.8. The third-order valence-electron chi connectivity index (χ3n) is 9.26. The number of imidazole rings is 1. The number of benzene rings is 2. The zero-order valence-corrected chi connectivity index (χ0v) is 31.6. The molecule has 2 aliphatic rings. The fraction of sp³-hybridized carbons (Fsp3) is 0.395. The van der Waals surface area contributed by atoms with Gasteiger partial charge in [0.05, 0.1) is 53.8 Å². The van der Waals surface area contributed by atoms with Gasteiger partial charge in [-0.05, 0) is 45.9 Å². The standard InChI is InChI=1S/C38H42Cl2N6O6/c1-38(2,3)52-37(49)46-18-16-30-29(21-46)41-33(44(30)4)34(47)42-28-12-8-10-25(32(28)40)24-9-7-11-26(31(24)39)27-14-13-22(35(43-27)50-5)19-45-17-15-23(20-45)36(48)51-6/h7-14,23H,15-21H2,1-6H3,(H,42,47)/t23-/m0/s1. The van der Waals surface area contributed by atoms with Gasteiger partial charge in [-0.15, -0.1) is 0 Å². The number of nitrogens with zero attached hydrogens (tertiary/aromatic N) is 5. The van der Waals surface area contributed by atoms with Crippen LogP contribution in [0.25, 0.3) is 22.4 Å². The molecule has 4 heterocycles. The maximum absolute atomic E-state index is 13.6. The van der Waals surface area contributed by atoms with Crippen molar-refractivity contribution in [2.75, 3.05) is 39.2 Å². The van der Waals surface area contributed by atoms with Crippen LogP contribution in [0.3, 0.4) is 0 Å². The summed E-state index contributed by atoms with van der Waals surface area (Å²) in [5.74, 6) is -0.0923. The van der Waals surface area contributed by atoms with Gasteiger partial charge in [0, 0.05) is 61.1 Å². The van der Waals surface area contributed by atoms with Gasteiger partial charge in [-0.25, -0.2) is 14.8 Å². The van der Waals surface area contributed by atoms with Gasteiger partial charge >= 0.3 is 12.1 Å². The van der Waals surface area contributed by atoms with Gasteiger partial charge in [0.1, 0.15) is 5.60 Å². The van der Waals surface area contributed by atoms with E-state index in [1.54, 1.807) is 35.8 Å².